The van der Waals surface area contributed by atoms with Gasteiger partial charge in [-0.1, -0.05) is 0 Å². The Balaban J connectivity index is 2.63. The fourth-order valence-electron chi connectivity index (χ4n) is 2.44. The highest BCUT2D eigenvalue weighted by Crippen LogP contribution is 2.34. The van der Waals surface area contributed by atoms with Crippen LogP contribution in [0.25, 0.3) is 0 Å². The van der Waals surface area contributed by atoms with Crippen LogP contribution in [0.4, 0.5) is 17.1 Å². The molecule has 2 aliphatic rings. The number of fused-ring (bicyclic) bond motifs is 8. The van der Waals surface area contributed by atoms with Gasteiger partial charge in [-0.25, -0.2) is 4.79 Å². The van der Waals surface area contributed by atoms with Gasteiger partial charge in [0.2, 0.25) is 5.91 Å². The first kappa shape index (κ1) is 14.2. The van der Waals surface area contributed by atoms with Crippen molar-refractivity contribution >= 4 is 28.9 Å². The number of hydrogen-bond acceptors (Lipinski definition) is 4. The van der Waals surface area contributed by atoms with Crippen molar-refractivity contribution < 1.29 is 14.7 Å². The first-order valence-corrected chi connectivity index (χ1v) is 6.63. The molecular weight excluding hydrogens is 258 g/mol. The van der Waals surface area contributed by atoms with Crippen LogP contribution in [0.15, 0.2) is 6.07 Å². The number of aromatic carboxylic acids is 1. The third-order valence-electron chi connectivity index (χ3n) is 3.49. The summed E-state index contributed by atoms with van der Waals surface area (Å²) in [5, 5.41) is 15.3. The highest BCUT2D eigenvalue weighted by atomic mass is 16.4. The summed E-state index contributed by atoms with van der Waals surface area (Å²) in [6.07, 6.45) is 1.92. The maximum absolute atomic E-state index is 11.9. The molecule has 1 atom stereocenters. The summed E-state index contributed by atoms with van der Waals surface area (Å²) in [7, 11) is 0. The minimum absolute atomic E-state index is 0.0463. The third kappa shape index (κ3) is 2.68. The predicted octanol–water partition coefficient (Wildman–Crippen LogP) is 2.20. The average molecular weight is 277 g/mol. The molecule has 6 heteroatoms. The Morgan fingerprint density at radius 2 is 2.20 bits per heavy atom. The second-order valence-electron chi connectivity index (χ2n) is 5.20. The average Bonchev–Trinajstić information content (AvgIpc) is 2.37. The minimum atomic E-state index is -1.14. The molecule has 0 saturated carbocycles. The Morgan fingerprint density at radius 3 is 2.85 bits per heavy atom. The lowest BCUT2D eigenvalue weighted by atomic mass is 10.0. The number of anilines is 3. The minimum Gasteiger partial charge on any atom is -0.478 e. The summed E-state index contributed by atoms with van der Waals surface area (Å²) in [6.45, 7) is 3.74. The zero-order valence-corrected chi connectivity index (χ0v) is 11.6. The van der Waals surface area contributed by atoms with Crippen LogP contribution in [0.3, 0.4) is 0 Å². The van der Waals surface area contributed by atoms with Crippen molar-refractivity contribution in [3.8, 4) is 0 Å². The fourth-order valence-corrected chi connectivity index (χ4v) is 2.44. The van der Waals surface area contributed by atoms with Crippen LogP contribution >= 0.6 is 0 Å². The van der Waals surface area contributed by atoms with E-state index in [0.29, 0.717) is 23.4 Å². The fraction of sp³-hybridized carbons (Fsp3) is 0.429. The zero-order valence-electron chi connectivity index (χ0n) is 11.6. The van der Waals surface area contributed by atoms with Gasteiger partial charge in [-0.3, -0.25) is 4.79 Å². The van der Waals surface area contributed by atoms with E-state index in [1.54, 1.807) is 13.0 Å². The van der Waals surface area contributed by atoms with Crippen molar-refractivity contribution in [3.05, 3.63) is 17.2 Å². The largest absolute Gasteiger partial charge is 0.478 e. The van der Waals surface area contributed by atoms with Gasteiger partial charge in [0.25, 0.3) is 0 Å². The number of amides is 1. The van der Waals surface area contributed by atoms with Gasteiger partial charge in [0, 0.05) is 12.5 Å². The molecule has 0 aromatic heterocycles. The number of hydrogen-bond donors (Lipinski definition) is 4. The number of benzene rings is 1. The van der Waals surface area contributed by atoms with Crippen molar-refractivity contribution in [2.45, 2.75) is 39.2 Å². The number of carboxylic acid groups (broad SMARTS) is 1. The Bertz CT molecular complexity index is 569. The molecule has 0 saturated heterocycles. The summed E-state index contributed by atoms with van der Waals surface area (Å²) in [5.41, 5.74) is 7.65. The molecule has 2 heterocycles. The van der Waals surface area contributed by atoms with Crippen LogP contribution in [-0.4, -0.2) is 23.0 Å². The Kier molecular flexibility index (Phi) is 3.83. The number of aryl methyl sites for hydroxylation is 1. The smallest absolute Gasteiger partial charge is 0.340 e. The van der Waals surface area contributed by atoms with Gasteiger partial charge in [-0.05, 0) is 38.3 Å². The van der Waals surface area contributed by atoms with Gasteiger partial charge in [0.05, 0.1) is 17.1 Å². The lowest BCUT2D eigenvalue weighted by Crippen LogP contribution is -2.18. The molecule has 0 spiro atoms. The first-order chi connectivity index (χ1) is 9.40. The van der Waals surface area contributed by atoms with E-state index < -0.39 is 5.97 Å². The van der Waals surface area contributed by atoms with Crippen molar-refractivity contribution in [3.63, 3.8) is 0 Å². The van der Waals surface area contributed by atoms with Gasteiger partial charge < -0.3 is 21.5 Å². The van der Waals surface area contributed by atoms with Gasteiger partial charge in [-0.15, -0.1) is 0 Å². The lowest BCUT2D eigenvalue weighted by Gasteiger charge is -2.19. The van der Waals surface area contributed by atoms with Crippen molar-refractivity contribution in [1.82, 2.24) is 0 Å². The number of nitrogens with two attached hydrogens (primary N) is 1. The molecule has 0 radical (unpaired) electrons. The summed E-state index contributed by atoms with van der Waals surface area (Å²) in [4.78, 5) is 23.3. The Labute approximate surface area is 117 Å². The number of rotatable bonds is 1. The Morgan fingerprint density at radius 1 is 1.50 bits per heavy atom. The van der Waals surface area contributed by atoms with E-state index in [1.807, 2.05) is 6.92 Å². The molecule has 5 N–H and O–H groups in total. The predicted molar refractivity (Wildman–Crippen MR) is 78.1 cm³/mol. The second kappa shape index (κ2) is 5.40. The number of nitrogens with one attached hydrogen (secondary N) is 2. The van der Waals surface area contributed by atoms with Crippen LogP contribution < -0.4 is 16.4 Å². The molecule has 1 aromatic carbocycles. The highest BCUT2D eigenvalue weighted by Gasteiger charge is 2.23. The zero-order chi connectivity index (χ0) is 14.9. The van der Waals surface area contributed by atoms with E-state index in [2.05, 4.69) is 10.6 Å². The second-order valence-corrected chi connectivity index (χ2v) is 5.20. The molecule has 108 valence electrons. The number of nitrogen functional groups attached to an aromatic ring is 1. The normalized spacial score (nSPS) is 18.9. The number of carboxylic acids is 1. The molecule has 20 heavy (non-hydrogen) atoms. The molecule has 1 amide bonds. The monoisotopic (exact) mass is 277 g/mol. The van der Waals surface area contributed by atoms with Gasteiger partial charge in [0.15, 0.2) is 0 Å². The van der Waals surface area contributed by atoms with E-state index in [4.69, 9.17) is 5.73 Å². The number of carbonyl (C=O) groups excluding carboxylic acids is 1. The van der Waals surface area contributed by atoms with Crippen LogP contribution in [0.1, 0.15) is 42.1 Å². The third-order valence-corrected chi connectivity index (χ3v) is 3.49. The number of carbonyl (C=O) groups is 2. The topological polar surface area (TPSA) is 104 Å². The molecule has 0 aliphatic carbocycles. The van der Waals surface area contributed by atoms with Gasteiger partial charge >= 0.3 is 5.97 Å². The van der Waals surface area contributed by atoms with Crippen LogP contribution in [-0.2, 0) is 4.79 Å². The molecule has 1 aromatic rings. The summed E-state index contributed by atoms with van der Waals surface area (Å²) in [5.74, 6) is -1.33. The highest BCUT2D eigenvalue weighted by molar-refractivity contribution is 6.07. The van der Waals surface area contributed by atoms with Crippen LogP contribution in [0, 0.1) is 6.92 Å². The summed E-state index contributed by atoms with van der Waals surface area (Å²) >= 11 is 0. The maximum atomic E-state index is 11.9. The van der Waals surface area contributed by atoms with Crippen molar-refractivity contribution in [2.75, 3.05) is 16.4 Å². The Hall–Kier alpha value is -2.24. The summed E-state index contributed by atoms with van der Waals surface area (Å²) < 4.78 is 0. The summed E-state index contributed by atoms with van der Waals surface area (Å²) in [6, 6.07) is 1.90. The molecule has 1 unspecified atom stereocenters. The SMILES string of the molecule is Cc1cc2c(N)c(C(=O)O)c1NC(=O)CCCC(C)N2. The van der Waals surface area contributed by atoms with Crippen LogP contribution in [0.5, 0.6) is 0 Å². The molecular formula is C14H19N3O3. The molecule has 2 aliphatic heterocycles. The van der Waals surface area contributed by atoms with E-state index in [0.717, 1.165) is 12.8 Å². The quantitative estimate of drug-likeness (QED) is 0.589. The van der Waals surface area contributed by atoms with E-state index in [1.165, 1.54) is 0 Å². The van der Waals surface area contributed by atoms with Gasteiger partial charge in [0.1, 0.15) is 5.56 Å². The van der Waals surface area contributed by atoms with E-state index in [-0.39, 0.29) is 23.2 Å². The maximum Gasteiger partial charge on any atom is 0.340 e. The van der Waals surface area contributed by atoms with E-state index >= 15 is 0 Å². The van der Waals surface area contributed by atoms with Crippen molar-refractivity contribution in [2.24, 2.45) is 0 Å². The standard InChI is InChI=1S/C14H19N3O3/c1-7-6-9-12(15)11(14(19)20)13(7)17-10(18)5-3-4-8(2)16-9/h6,8,16H,3-5,15H2,1-2H3,(H,17,18)(H,19,20). The molecule has 6 nitrogen and oxygen atoms in total. The van der Waals surface area contributed by atoms with E-state index in [9.17, 15) is 14.7 Å². The molecule has 2 bridgehead atoms. The van der Waals surface area contributed by atoms with Gasteiger partial charge in [-0.2, -0.15) is 0 Å². The molecule has 0 fully saturated rings. The lowest BCUT2D eigenvalue weighted by molar-refractivity contribution is -0.116. The molecule has 3 rings (SSSR count). The van der Waals surface area contributed by atoms with Crippen LogP contribution in [0.2, 0.25) is 0 Å². The van der Waals surface area contributed by atoms with Crippen molar-refractivity contribution in [1.29, 1.82) is 0 Å². The first-order valence-electron chi connectivity index (χ1n) is 6.63.